The van der Waals surface area contributed by atoms with Gasteiger partial charge in [0.2, 0.25) is 5.91 Å². The molecule has 0 radical (unpaired) electrons. The van der Waals surface area contributed by atoms with Crippen LogP contribution in [0.4, 0.5) is 24.7 Å². The third-order valence-corrected chi connectivity index (χ3v) is 8.46. The zero-order valence-corrected chi connectivity index (χ0v) is 24.0. The van der Waals surface area contributed by atoms with E-state index >= 15 is 0 Å². The maximum atomic E-state index is 14.0. The van der Waals surface area contributed by atoms with Crippen LogP contribution in [0.5, 0.6) is 6.01 Å². The predicted octanol–water partition coefficient (Wildman–Crippen LogP) is 3.70. The minimum absolute atomic E-state index is 0.0756. The molecule has 224 valence electrons. The first kappa shape index (κ1) is 29.8. The number of pyridine rings is 1. The van der Waals surface area contributed by atoms with Gasteiger partial charge in [-0.05, 0) is 38.9 Å². The Bertz CT molecular complexity index is 1380. The highest BCUT2D eigenvalue weighted by Gasteiger charge is 2.39. The first-order valence-corrected chi connectivity index (χ1v) is 14.2. The Labute approximate surface area is 247 Å². The molecule has 10 nitrogen and oxygen atoms in total. The van der Waals surface area contributed by atoms with E-state index in [0.29, 0.717) is 44.2 Å². The SMILES string of the molecule is C=CC(=O)N1CCN(c2nc(OCC3CCCN3C)nc3c2CCN(c2cncc(Cl)c2C(F)(F)F)C3)CC1CC#N. The van der Waals surface area contributed by atoms with Crippen LogP contribution < -0.4 is 14.5 Å². The summed E-state index contributed by atoms with van der Waals surface area (Å²) in [5, 5.41) is 8.97. The number of likely N-dealkylation sites (N-methyl/N-ethyl adjacent to an activating group) is 1. The summed E-state index contributed by atoms with van der Waals surface area (Å²) >= 11 is 5.96. The van der Waals surface area contributed by atoms with E-state index < -0.39 is 16.8 Å². The fourth-order valence-corrected chi connectivity index (χ4v) is 6.22. The molecule has 2 saturated heterocycles. The Hall–Kier alpha value is -3.63. The molecule has 2 fully saturated rings. The first-order valence-electron chi connectivity index (χ1n) is 13.8. The maximum absolute atomic E-state index is 14.0. The van der Waals surface area contributed by atoms with Crippen molar-refractivity contribution in [1.29, 1.82) is 5.26 Å². The zero-order valence-electron chi connectivity index (χ0n) is 23.3. The number of carbonyl (C=O) groups is 1. The highest BCUT2D eigenvalue weighted by atomic mass is 35.5. The Kier molecular flexibility index (Phi) is 8.75. The van der Waals surface area contributed by atoms with Gasteiger partial charge in [0.25, 0.3) is 0 Å². The van der Waals surface area contributed by atoms with Gasteiger partial charge in [0.1, 0.15) is 18.0 Å². The van der Waals surface area contributed by atoms with Gasteiger partial charge < -0.3 is 24.3 Å². The van der Waals surface area contributed by atoms with Gasteiger partial charge >= 0.3 is 12.2 Å². The Balaban J connectivity index is 1.49. The number of aromatic nitrogens is 3. The van der Waals surface area contributed by atoms with Crippen molar-refractivity contribution in [3.05, 3.63) is 46.9 Å². The van der Waals surface area contributed by atoms with Gasteiger partial charge in [0.05, 0.1) is 47.7 Å². The van der Waals surface area contributed by atoms with Gasteiger partial charge in [-0.25, -0.2) is 0 Å². The van der Waals surface area contributed by atoms with Crippen molar-refractivity contribution < 1.29 is 22.7 Å². The summed E-state index contributed by atoms with van der Waals surface area (Å²) in [5.41, 5.74) is 0.316. The summed E-state index contributed by atoms with van der Waals surface area (Å²) in [7, 11) is 2.04. The van der Waals surface area contributed by atoms with Gasteiger partial charge in [-0.1, -0.05) is 18.2 Å². The largest absolute Gasteiger partial charge is 0.462 e. The summed E-state index contributed by atoms with van der Waals surface area (Å²) in [6.45, 7) is 6.46. The van der Waals surface area contributed by atoms with E-state index in [4.69, 9.17) is 21.3 Å². The van der Waals surface area contributed by atoms with Crippen molar-refractivity contribution in [3.63, 3.8) is 0 Å². The van der Waals surface area contributed by atoms with Crippen LogP contribution in [0, 0.1) is 11.3 Å². The maximum Gasteiger partial charge on any atom is 0.419 e. The number of fused-ring (bicyclic) bond motifs is 1. The number of halogens is 4. The molecule has 2 unspecified atom stereocenters. The topological polar surface area (TPSA) is 102 Å². The number of alkyl halides is 3. The second-order valence-electron chi connectivity index (χ2n) is 10.7. The summed E-state index contributed by atoms with van der Waals surface area (Å²) in [6.07, 6.45) is 1.31. The predicted molar refractivity (Wildman–Crippen MR) is 150 cm³/mol. The van der Waals surface area contributed by atoms with Crippen molar-refractivity contribution in [1.82, 2.24) is 24.8 Å². The summed E-state index contributed by atoms with van der Waals surface area (Å²) in [4.78, 5) is 33.3. The number of carbonyl (C=O) groups excluding carboxylic acids is 1. The van der Waals surface area contributed by atoms with Crippen molar-refractivity contribution in [2.24, 2.45) is 0 Å². The number of nitriles is 1. The van der Waals surface area contributed by atoms with Crippen LogP contribution in [0.3, 0.4) is 0 Å². The highest BCUT2D eigenvalue weighted by Crippen LogP contribution is 2.42. The molecular weight excluding hydrogens is 573 g/mol. The lowest BCUT2D eigenvalue weighted by atomic mass is 10.0. The molecule has 0 spiro atoms. The summed E-state index contributed by atoms with van der Waals surface area (Å²) in [5.74, 6) is 0.374. The fourth-order valence-electron chi connectivity index (χ4n) is 5.96. The smallest absolute Gasteiger partial charge is 0.419 e. The first-order chi connectivity index (χ1) is 20.1. The molecule has 42 heavy (non-hydrogen) atoms. The van der Waals surface area contributed by atoms with Crippen LogP contribution in [0.25, 0.3) is 0 Å². The molecule has 0 saturated carbocycles. The number of amides is 1. The zero-order chi connectivity index (χ0) is 30.0. The van der Waals surface area contributed by atoms with Crippen LogP contribution in [-0.4, -0.2) is 89.1 Å². The monoisotopic (exact) mass is 604 g/mol. The quantitative estimate of drug-likeness (QED) is 0.438. The van der Waals surface area contributed by atoms with Crippen molar-refractivity contribution in [2.75, 3.05) is 56.2 Å². The Morgan fingerprint density at radius 3 is 2.71 bits per heavy atom. The number of likely N-dealkylation sites (tertiary alicyclic amines) is 1. The molecule has 14 heteroatoms. The number of nitrogens with zero attached hydrogens (tertiary/aromatic N) is 8. The number of rotatable bonds is 7. The lowest BCUT2D eigenvalue weighted by molar-refractivity contribution is -0.137. The lowest BCUT2D eigenvalue weighted by Crippen LogP contribution is -2.55. The average molecular weight is 605 g/mol. The van der Waals surface area contributed by atoms with Crippen LogP contribution in [0.15, 0.2) is 25.0 Å². The molecule has 1 amide bonds. The van der Waals surface area contributed by atoms with E-state index in [2.05, 4.69) is 27.5 Å². The van der Waals surface area contributed by atoms with E-state index in [1.165, 1.54) is 12.3 Å². The molecular formula is C28H32ClF3N8O2. The molecule has 0 aliphatic carbocycles. The van der Waals surface area contributed by atoms with Crippen LogP contribution in [0.1, 0.15) is 36.1 Å². The third-order valence-electron chi connectivity index (χ3n) is 8.17. The second kappa shape index (κ2) is 12.3. The molecule has 3 aliphatic rings. The standard InChI is InChI=1S/C28H32ClF3N8O2/c1-3-24(41)40-12-11-39(15-18(40)6-8-33)26-20-7-10-38(23-14-34-13-21(29)25(23)28(30,31)32)16-22(20)35-27(36-26)42-17-19-5-4-9-37(19)2/h3,13-14,18-19H,1,4-7,9-12,15-17H2,2H3. The number of hydrogen-bond acceptors (Lipinski definition) is 9. The average Bonchev–Trinajstić information content (AvgIpc) is 3.38. The highest BCUT2D eigenvalue weighted by molar-refractivity contribution is 6.31. The van der Waals surface area contributed by atoms with Crippen molar-refractivity contribution in [2.45, 2.75) is 50.5 Å². The normalized spacial score (nSPS) is 21.2. The van der Waals surface area contributed by atoms with Crippen LogP contribution >= 0.6 is 11.6 Å². The van der Waals surface area contributed by atoms with Crippen LogP contribution in [-0.2, 0) is 23.9 Å². The fraction of sp³-hybridized carbons (Fsp3) is 0.536. The molecule has 2 atom stereocenters. The minimum atomic E-state index is -4.66. The second-order valence-corrected chi connectivity index (χ2v) is 11.1. The summed E-state index contributed by atoms with van der Waals surface area (Å²) < 4.78 is 48.0. The van der Waals surface area contributed by atoms with E-state index in [9.17, 15) is 23.2 Å². The molecule has 5 rings (SSSR count). The molecule has 3 aliphatic heterocycles. The molecule has 0 aromatic carbocycles. The number of anilines is 2. The third kappa shape index (κ3) is 6.10. The number of hydrogen-bond donors (Lipinski definition) is 0. The van der Waals surface area contributed by atoms with Crippen molar-refractivity contribution >= 4 is 29.0 Å². The van der Waals surface area contributed by atoms with Gasteiger partial charge in [-0.15, -0.1) is 0 Å². The molecule has 2 aromatic rings. The minimum Gasteiger partial charge on any atom is -0.462 e. The number of ether oxygens (including phenoxy) is 1. The molecule has 2 aromatic heterocycles. The lowest BCUT2D eigenvalue weighted by Gasteiger charge is -2.42. The van der Waals surface area contributed by atoms with E-state index in [1.807, 2.05) is 11.9 Å². The van der Waals surface area contributed by atoms with Gasteiger partial charge in [-0.3, -0.25) is 9.78 Å². The van der Waals surface area contributed by atoms with Crippen molar-refractivity contribution in [3.8, 4) is 12.1 Å². The number of piperazine rings is 1. The van der Waals surface area contributed by atoms with Crippen LogP contribution in [0.2, 0.25) is 5.02 Å². The molecule has 0 bridgehead atoms. The van der Waals surface area contributed by atoms with E-state index in [-0.39, 0.29) is 49.2 Å². The van der Waals surface area contributed by atoms with Gasteiger partial charge in [-0.2, -0.15) is 28.4 Å². The molecule has 0 N–H and O–H groups in total. The molecule has 5 heterocycles. The van der Waals surface area contributed by atoms with Gasteiger partial charge in [0, 0.05) is 44.0 Å². The van der Waals surface area contributed by atoms with E-state index in [1.54, 1.807) is 9.80 Å². The van der Waals surface area contributed by atoms with E-state index in [0.717, 1.165) is 31.1 Å². The Morgan fingerprint density at radius 2 is 2.02 bits per heavy atom. The van der Waals surface area contributed by atoms with Gasteiger partial charge in [0.15, 0.2) is 0 Å². The summed E-state index contributed by atoms with van der Waals surface area (Å²) in [6, 6.07) is 2.15. The Morgan fingerprint density at radius 1 is 1.21 bits per heavy atom.